The van der Waals surface area contributed by atoms with Crippen molar-refractivity contribution >= 4 is 65.1 Å². The predicted octanol–water partition coefficient (Wildman–Crippen LogP) is 3.88. The number of piperazine rings is 1. The molecule has 2 heterocycles. The Hall–Kier alpha value is -2.35. The minimum atomic E-state index is -0.133. The Morgan fingerprint density at radius 3 is 2.52 bits per heavy atom. The minimum Gasteiger partial charge on any atom is -0.496 e. The smallest absolute Gasteiger partial charge is 0.298 e. The molecule has 10 heteroatoms. The summed E-state index contributed by atoms with van der Waals surface area (Å²) in [7, 11) is 1.50. The number of carbonyl (C=O) groups excluding carboxylic acids is 1. The molecule has 0 bridgehead atoms. The van der Waals surface area contributed by atoms with E-state index in [1.54, 1.807) is 17.0 Å². The van der Waals surface area contributed by atoms with Crippen LogP contribution in [0.5, 0.6) is 5.75 Å². The molecule has 2 aromatic carbocycles. The number of ether oxygens (including phenoxy) is 1. The van der Waals surface area contributed by atoms with Gasteiger partial charge in [-0.05, 0) is 18.2 Å². The van der Waals surface area contributed by atoms with Crippen LogP contribution in [0.2, 0.25) is 5.02 Å². The topological polar surface area (TPSA) is 84.8 Å². The van der Waals surface area contributed by atoms with Crippen molar-refractivity contribution in [3.05, 3.63) is 47.0 Å². The number of fused-ring (bicyclic) bond motifs is 1. The minimum absolute atomic E-state index is 0. The van der Waals surface area contributed by atoms with Crippen LogP contribution < -0.4 is 15.4 Å². The molecule has 29 heavy (non-hydrogen) atoms. The van der Waals surface area contributed by atoms with Gasteiger partial charge in [0.15, 0.2) is 5.58 Å². The summed E-state index contributed by atoms with van der Waals surface area (Å²) in [5.41, 5.74) is 8.17. The fraction of sp³-hybridized carbons (Fsp3) is 0.263. The first-order valence-electron chi connectivity index (χ1n) is 8.59. The number of amides is 1. The van der Waals surface area contributed by atoms with Crippen LogP contribution in [0, 0.1) is 0 Å². The van der Waals surface area contributed by atoms with Crippen LogP contribution in [-0.2, 0) is 0 Å². The third-order valence-electron chi connectivity index (χ3n) is 4.67. The van der Waals surface area contributed by atoms with Crippen LogP contribution in [0.15, 0.2) is 40.8 Å². The molecule has 0 unspecified atom stereocenters. The number of nitrogens with zero attached hydrogens (tertiary/aromatic N) is 3. The Kier molecular flexibility index (Phi) is 7.46. The second kappa shape index (κ2) is 9.43. The number of nitrogens with two attached hydrogens (primary N) is 1. The summed E-state index contributed by atoms with van der Waals surface area (Å²) in [6, 6.07) is 11.4. The monoisotopic (exact) mass is 458 g/mol. The number of nitrogen functional groups attached to an aromatic ring is 1. The summed E-state index contributed by atoms with van der Waals surface area (Å²) >= 11 is 6.09. The number of oxazole rings is 1. The van der Waals surface area contributed by atoms with Gasteiger partial charge in [0.25, 0.3) is 11.9 Å². The van der Waals surface area contributed by atoms with E-state index in [0.29, 0.717) is 54.2 Å². The van der Waals surface area contributed by atoms with Crippen LogP contribution in [0.4, 0.5) is 11.7 Å². The number of hydrogen-bond donors (Lipinski definition) is 1. The third-order valence-corrected chi connectivity index (χ3v) is 5.00. The van der Waals surface area contributed by atoms with E-state index in [1.165, 1.54) is 7.11 Å². The summed E-state index contributed by atoms with van der Waals surface area (Å²) in [5, 5.41) is 0.337. The molecule has 1 aliphatic rings. The van der Waals surface area contributed by atoms with Gasteiger partial charge in [-0.3, -0.25) is 4.79 Å². The molecule has 3 aromatic rings. The van der Waals surface area contributed by atoms with Crippen LogP contribution in [0.25, 0.3) is 11.1 Å². The predicted molar refractivity (Wildman–Crippen MR) is 119 cm³/mol. The maximum Gasteiger partial charge on any atom is 0.298 e. The average Bonchev–Trinajstić information content (AvgIpc) is 3.13. The number of aromatic nitrogens is 1. The van der Waals surface area contributed by atoms with Crippen molar-refractivity contribution in [2.45, 2.75) is 0 Å². The first-order valence-corrected chi connectivity index (χ1v) is 8.97. The summed E-state index contributed by atoms with van der Waals surface area (Å²) in [6.07, 6.45) is 0. The summed E-state index contributed by atoms with van der Waals surface area (Å²) < 4.78 is 11.1. The van der Waals surface area contributed by atoms with E-state index >= 15 is 0 Å². The van der Waals surface area contributed by atoms with Crippen molar-refractivity contribution in [3.8, 4) is 5.75 Å². The van der Waals surface area contributed by atoms with Crippen LogP contribution >= 0.6 is 36.4 Å². The lowest BCUT2D eigenvalue weighted by atomic mass is 10.1. The fourth-order valence-electron chi connectivity index (χ4n) is 3.17. The van der Waals surface area contributed by atoms with Crippen molar-refractivity contribution in [2.24, 2.45) is 0 Å². The molecule has 2 N–H and O–H groups in total. The second-order valence-corrected chi connectivity index (χ2v) is 6.72. The van der Waals surface area contributed by atoms with E-state index in [-0.39, 0.29) is 30.7 Å². The van der Waals surface area contributed by atoms with Crippen molar-refractivity contribution in [3.63, 3.8) is 0 Å². The summed E-state index contributed by atoms with van der Waals surface area (Å²) in [4.78, 5) is 21.2. The highest BCUT2D eigenvalue weighted by molar-refractivity contribution is 6.33. The van der Waals surface area contributed by atoms with Gasteiger partial charge in [0.1, 0.15) is 11.3 Å². The Balaban J connectivity index is 0.00000150. The van der Waals surface area contributed by atoms with Crippen molar-refractivity contribution in [1.29, 1.82) is 0 Å². The van der Waals surface area contributed by atoms with Crippen LogP contribution in [0.3, 0.4) is 0 Å². The second-order valence-electron chi connectivity index (χ2n) is 6.32. The number of methoxy groups -OCH3 is 1. The van der Waals surface area contributed by atoms with Gasteiger partial charge in [0.2, 0.25) is 0 Å². The molecule has 0 atom stereocenters. The molecular formula is C19H21Cl3N4O3. The highest BCUT2D eigenvalue weighted by Gasteiger charge is 2.27. The van der Waals surface area contributed by atoms with E-state index in [2.05, 4.69) is 4.98 Å². The number of anilines is 2. The molecule has 1 saturated heterocycles. The Labute approximate surface area is 185 Å². The molecule has 0 saturated carbocycles. The third kappa shape index (κ3) is 4.47. The highest BCUT2D eigenvalue weighted by Crippen LogP contribution is 2.30. The zero-order valence-corrected chi connectivity index (χ0v) is 18.0. The van der Waals surface area contributed by atoms with Gasteiger partial charge in [-0.25, -0.2) is 0 Å². The van der Waals surface area contributed by atoms with E-state index in [9.17, 15) is 4.79 Å². The van der Waals surface area contributed by atoms with E-state index in [1.807, 2.05) is 29.2 Å². The number of benzene rings is 2. The van der Waals surface area contributed by atoms with E-state index in [0.717, 1.165) is 11.1 Å². The average molecular weight is 460 g/mol. The molecular weight excluding hydrogens is 439 g/mol. The largest absolute Gasteiger partial charge is 0.496 e. The molecule has 4 rings (SSSR count). The molecule has 156 valence electrons. The molecule has 7 nitrogen and oxygen atoms in total. The van der Waals surface area contributed by atoms with Gasteiger partial charge >= 0.3 is 0 Å². The quantitative estimate of drug-likeness (QED) is 0.598. The Morgan fingerprint density at radius 2 is 1.86 bits per heavy atom. The van der Waals surface area contributed by atoms with Crippen LogP contribution in [0.1, 0.15) is 10.4 Å². The molecule has 1 aliphatic heterocycles. The normalized spacial score (nSPS) is 13.6. The molecule has 0 radical (unpaired) electrons. The molecule has 0 spiro atoms. The number of carbonyl (C=O) groups is 1. The number of hydrogen-bond acceptors (Lipinski definition) is 6. The lowest BCUT2D eigenvalue weighted by molar-refractivity contribution is 0.0741. The van der Waals surface area contributed by atoms with Gasteiger partial charge in [-0.2, -0.15) is 4.98 Å². The summed E-state index contributed by atoms with van der Waals surface area (Å²) in [6.45, 7) is 2.35. The zero-order chi connectivity index (χ0) is 19.0. The molecule has 1 aromatic heterocycles. The summed E-state index contributed by atoms with van der Waals surface area (Å²) in [5.74, 6) is 0.286. The number of para-hydroxylation sites is 2. The lowest BCUT2D eigenvalue weighted by Gasteiger charge is -2.34. The number of rotatable bonds is 3. The maximum absolute atomic E-state index is 12.9. The van der Waals surface area contributed by atoms with E-state index in [4.69, 9.17) is 26.5 Å². The van der Waals surface area contributed by atoms with Crippen molar-refractivity contribution in [2.75, 3.05) is 43.9 Å². The maximum atomic E-state index is 12.9. The molecule has 0 aliphatic carbocycles. The first kappa shape index (κ1) is 22.9. The lowest BCUT2D eigenvalue weighted by Crippen LogP contribution is -2.49. The molecule has 1 fully saturated rings. The van der Waals surface area contributed by atoms with Gasteiger partial charge < -0.3 is 24.7 Å². The Morgan fingerprint density at radius 1 is 1.17 bits per heavy atom. The molecule has 1 amide bonds. The standard InChI is InChI=1S/C19H19ClN4O3.2ClH/c1-26-17-11-14(21)13(20)10-12(17)18(25)23-6-8-24(9-7-23)19-22-15-4-2-3-5-16(15)27-19;;/h2-5,10-11H,6-9,21H2,1H3;2*1H. The first-order chi connectivity index (χ1) is 13.1. The fourth-order valence-corrected chi connectivity index (χ4v) is 3.34. The van der Waals surface area contributed by atoms with Gasteiger partial charge in [-0.1, -0.05) is 23.7 Å². The SMILES string of the molecule is COc1cc(N)c(Cl)cc1C(=O)N1CCN(c2nc3ccccc3o2)CC1.Cl.Cl. The van der Waals surface area contributed by atoms with Crippen molar-refractivity contribution in [1.82, 2.24) is 9.88 Å². The van der Waals surface area contributed by atoms with E-state index < -0.39 is 0 Å². The van der Waals surface area contributed by atoms with Gasteiger partial charge in [0, 0.05) is 32.2 Å². The van der Waals surface area contributed by atoms with Crippen LogP contribution in [-0.4, -0.2) is 49.1 Å². The van der Waals surface area contributed by atoms with Gasteiger partial charge in [0.05, 0.1) is 23.4 Å². The highest BCUT2D eigenvalue weighted by atomic mass is 35.5. The van der Waals surface area contributed by atoms with Gasteiger partial charge in [-0.15, -0.1) is 24.8 Å². The number of halogens is 3. The zero-order valence-electron chi connectivity index (χ0n) is 15.6. The Bertz CT molecular complexity index is 971. The van der Waals surface area contributed by atoms with Crippen molar-refractivity contribution < 1.29 is 13.9 Å².